The van der Waals surface area contributed by atoms with E-state index < -0.39 is 4.92 Å². The minimum absolute atomic E-state index is 0.0850. The van der Waals surface area contributed by atoms with Gasteiger partial charge >= 0.3 is 0 Å². The van der Waals surface area contributed by atoms with Gasteiger partial charge in [-0.15, -0.1) is 11.3 Å². The minimum atomic E-state index is -0.484. The summed E-state index contributed by atoms with van der Waals surface area (Å²) in [5, 5.41) is 13.7. The summed E-state index contributed by atoms with van der Waals surface area (Å²) in [5.41, 5.74) is 0.861. The fraction of sp³-hybridized carbons (Fsp3) is 0.267. The van der Waals surface area contributed by atoms with Crippen molar-refractivity contribution in [1.29, 1.82) is 0 Å². The maximum absolute atomic E-state index is 12.2. The molecule has 1 amide bonds. The number of carbonyl (C=O) groups excluding carboxylic acids is 1. The normalized spacial score (nSPS) is 12.0. The van der Waals surface area contributed by atoms with Gasteiger partial charge in [0.15, 0.2) is 6.54 Å². The molecular weight excluding hydrogens is 382 g/mol. The van der Waals surface area contributed by atoms with E-state index in [1.807, 2.05) is 19.2 Å². The van der Waals surface area contributed by atoms with Gasteiger partial charge < -0.3 is 10.2 Å². The average molecular weight is 399 g/mol. The van der Waals surface area contributed by atoms with Gasteiger partial charge in [0.2, 0.25) is 0 Å². The fourth-order valence-corrected chi connectivity index (χ4v) is 3.83. The molecule has 8 heteroatoms. The summed E-state index contributed by atoms with van der Waals surface area (Å²) >= 11 is 5.04. The summed E-state index contributed by atoms with van der Waals surface area (Å²) in [6.07, 6.45) is 0. The van der Waals surface area contributed by atoms with Crippen molar-refractivity contribution >= 4 is 44.5 Å². The van der Waals surface area contributed by atoms with Crippen molar-refractivity contribution in [2.45, 2.75) is 13.5 Å². The van der Waals surface area contributed by atoms with Crippen LogP contribution in [-0.4, -0.2) is 24.4 Å². The number of hydrogen-bond donors (Lipinski definition) is 2. The van der Waals surface area contributed by atoms with Gasteiger partial charge in [-0.25, -0.2) is 0 Å². The van der Waals surface area contributed by atoms with Crippen LogP contribution in [0.1, 0.15) is 10.4 Å². The molecule has 1 aromatic heterocycles. The molecule has 2 N–H and O–H groups in total. The molecule has 0 aliphatic carbocycles. The summed E-state index contributed by atoms with van der Waals surface area (Å²) in [6.45, 7) is 2.70. The molecule has 1 aromatic carbocycles. The number of amides is 1. The summed E-state index contributed by atoms with van der Waals surface area (Å²) in [4.78, 5) is 24.9. The highest BCUT2D eigenvalue weighted by molar-refractivity contribution is 9.11. The number of nitro benzene ring substituents is 1. The first-order chi connectivity index (χ1) is 10.9. The SMILES string of the molecule is Cc1cccc([N+](=O)[O-])c1NC(=O)C[NH+](C)Cc1ccc(Br)s1. The number of quaternary nitrogens is 1. The molecule has 0 saturated heterocycles. The molecule has 0 radical (unpaired) electrons. The van der Waals surface area contributed by atoms with E-state index in [0.29, 0.717) is 5.56 Å². The Morgan fingerprint density at radius 1 is 1.39 bits per heavy atom. The van der Waals surface area contributed by atoms with Crippen molar-refractivity contribution < 1.29 is 14.6 Å². The Bertz CT molecular complexity index is 733. The van der Waals surface area contributed by atoms with Crippen LogP contribution < -0.4 is 10.2 Å². The van der Waals surface area contributed by atoms with Crippen LogP contribution in [0.3, 0.4) is 0 Å². The Kier molecular flexibility index (Phi) is 5.86. The number of anilines is 1. The third-order valence-corrected chi connectivity index (χ3v) is 4.90. The zero-order valence-corrected chi connectivity index (χ0v) is 15.2. The van der Waals surface area contributed by atoms with Gasteiger partial charge in [-0.2, -0.15) is 0 Å². The van der Waals surface area contributed by atoms with Crippen LogP contribution >= 0.6 is 27.3 Å². The van der Waals surface area contributed by atoms with Crippen molar-refractivity contribution in [2.24, 2.45) is 0 Å². The van der Waals surface area contributed by atoms with Gasteiger partial charge in [-0.1, -0.05) is 12.1 Å². The van der Waals surface area contributed by atoms with Crippen LogP contribution in [0.5, 0.6) is 0 Å². The zero-order valence-electron chi connectivity index (χ0n) is 12.8. The molecule has 0 aliphatic heterocycles. The van der Waals surface area contributed by atoms with Gasteiger partial charge in [-0.05, 0) is 40.5 Å². The smallest absolute Gasteiger partial charge is 0.293 e. The number of aryl methyl sites for hydroxylation is 1. The standard InChI is InChI=1S/C15H16BrN3O3S/c1-10-4-3-5-12(19(21)22)15(10)17-14(20)9-18(2)8-11-6-7-13(16)23-11/h3-7H,8-9H2,1-2H3,(H,17,20)/p+1. The lowest BCUT2D eigenvalue weighted by Gasteiger charge is -2.13. The van der Waals surface area contributed by atoms with E-state index in [-0.39, 0.29) is 23.8 Å². The number of thiophene rings is 1. The van der Waals surface area contributed by atoms with Crippen LogP contribution in [0, 0.1) is 17.0 Å². The molecule has 0 saturated carbocycles. The Hall–Kier alpha value is -1.77. The average Bonchev–Trinajstić information content (AvgIpc) is 2.85. The maximum Gasteiger partial charge on any atom is 0.293 e. The predicted molar refractivity (Wildman–Crippen MR) is 93.9 cm³/mol. The molecule has 2 aromatic rings. The van der Waals surface area contributed by atoms with Gasteiger partial charge in [0.25, 0.3) is 11.6 Å². The Morgan fingerprint density at radius 3 is 2.74 bits per heavy atom. The van der Waals surface area contributed by atoms with Crippen molar-refractivity contribution in [2.75, 3.05) is 18.9 Å². The lowest BCUT2D eigenvalue weighted by atomic mass is 10.1. The monoisotopic (exact) mass is 398 g/mol. The van der Waals surface area contributed by atoms with Gasteiger partial charge in [0.05, 0.1) is 20.6 Å². The Morgan fingerprint density at radius 2 is 2.13 bits per heavy atom. The number of carbonyl (C=O) groups is 1. The van der Waals surface area contributed by atoms with Crippen molar-refractivity contribution in [1.82, 2.24) is 0 Å². The fourth-order valence-electron chi connectivity index (χ4n) is 2.23. The number of para-hydroxylation sites is 1. The zero-order chi connectivity index (χ0) is 17.0. The molecule has 23 heavy (non-hydrogen) atoms. The van der Waals surface area contributed by atoms with E-state index in [1.54, 1.807) is 30.4 Å². The number of likely N-dealkylation sites (N-methyl/N-ethyl adjacent to an activating group) is 1. The number of halogens is 1. The van der Waals surface area contributed by atoms with Crippen LogP contribution in [0.25, 0.3) is 0 Å². The van der Waals surface area contributed by atoms with E-state index in [4.69, 9.17) is 0 Å². The molecule has 1 unspecified atom stereocenters. The van der Waals surface area contributed by atoms with Crippen LogP contribution in [-0.2, 0) is 11.3 Å². The van der Waals surface area contributed by atoms with E-state index in [1.165, 1.54) is 10.9 Å². The number of rotatable bonds is 6. The van der Waals surface area contributed by atoms with Crippen molar-refractivity contribution in [3.63, 3.8) is 0 Å². The third kappa shape index (κ3) is 4.85. The quantitative estimate of drug-likeness (QED) is 0.579. The second-order valence-electron chi connectivity index (χ2n) is 5.29. The second-order valence-corrected chi connectivity index (χ2v) is 7.84. The van der Waals surface area contributed by atoms with E-state index >= 15 is 0 Å². The molecule has 122 valence electrons. The lowest BCUT2D eigenvalue weighted by molar-refractivity contribution is -0.884. The lowest BCUT2D eigenvalue weighted by Crippen LogP contribution is -3.08. The number of nitro groups is 1. The summed E-state index contributed by atoms with van der Waals surface area (Å²) < 4.78 is 1.06. The van der Waals surface area contributed by atoms with Gasteiger partial charge in [0.1, 0.15) is 12.2 Å². The molecule has 1 heterocycles. The second kappa shape index (κ2) is 7.67. The number of nitrogens with zero attached hydrogens (tertiary/aromatic N) is 1. The molecule has 0 fully saturated rings. The number of hydrogen-bond acceptors (Lipinski definition) is 4. The minimum Gasteiger partial charge on any atom is -0.325 e. The first-order valence-corrected chi connectivity index (χ1v) is 8.57. The predicted octanol–water partition coefficient (Wildman–Crippen LogP) is 2.38. The van der Waals surface area contributed by atoms with E-state index in [2.05, 4.69) is 21.2 Å². The summed E-state index contributed by atoms with van der Waals surface area (Å²) in [7, 11) is 1.92. The molecule has 2 rings (SSSR count). The van der Waals surface area contributed by atoms with Crippen LogP contribution in [0.15, 0.2) is 34.1 Å². The molecule has 1 atom stereocenters. The van der Waals surface area contributed by atoms with Gasteiger partial charge in [0, 0.05) is 6.07 Å². The van der Waals surface area contributed by atoms with E-state index in [9.17, 15) is 14.9 Å². The number of benzene rings is 1. The van der Waals surface area contributed by atoms with Crippen molar-refractivity contribution in [3.05, 3.63) is 54.7 Å². The third-order valence-electron chi connectivity index (χ3n) is 3.28. The van der Waals surface area contributed by atoms with Crippen molar-refractivity contribution in [3.8, 4) is 0 Å². The van der Waals surface area contributed by atoms with Crippen LogP contribution in [0.4, 0.5) is 11.4 Å². The van der Waals surface area contributed by atoms with Crippen LogP contribution in [0.2, 0.25) is 0 Å². The molecule has 0 spiro atoms. The largest absolute Gasteiger partial charge is 0.325 e. The molecule has 0 aliphatic rings. The van der Waals surface area contributed by atoms with Gasteiger partial charge in [-0.3, -0.25) is 14.9 Å². The molecule has 0 bridgehead atoms. The highest BCUT2D eigenvalue weighted by atomic mass is 79.9. The summed E-state index contributed by atoms with van der Waals surface area (Å²) in [6, 6.07) is 8.73. The first kappa shape index (κ1) is 17.6. The van der Waals surface area contributed by atoms with E-state index in [0.717, 1.165) is 15.2 Å². The Labute approximate surface area is 146 Å². The number of nitrogens with one attached hydrogen (secondary N) is 2. The molecular formula is C15H17BrN3O3S+. The summed E-state index contributed by atoms with van der Waals surface area (Å²) in [5.74, 6) is -0.240. The highest BCUT2D eigenvalue weighted by Crippen LogP contribution is 2.27. The highest BCUT2D eigenvalue weighted by Gasteiger charge is 2.19. The first-order valence-electron chi connectivity index (χ1n) is 6.96. The Balaban J connectivity index is 2.01. The molecule has 6 nitrogen and oxygen atoms in total. The topological polar surface area (TPSA) is 76.7 Å². The maximum atomic E-state index is 12.2.